The maximum Gasteiger partial charge on any atom is 0.303 e. The molecule has 6 nitrogen and oxygen atoms in total. The Kier molecular flexibility index (Phi) is 6.24. The number of carboxylic acids is 1. The molecule has 1 rings (SSSR count). The van der Waals surface area contributed by atoms with Crippen LogP contribution in [0.4, 0.5) is 0 Å². The summed E-state index contributed by atoms with van der Waals surface area (Å²) in [6, 6.07) is -0.475. The van der Waals surface area contributed by atoms with Gasteiger partial charge in [0.25, 0.3) is 0 Å². The van der Waals surface area contributed by atoms with Crippen LogP contribution in [-0.2, 0) is 9.59 Å². The summed E-state index contributed by atoms with van der Waals surface area (Å²) >= 11 is 0. The summed E-state index contributed by atoms with van der Waals surface area (Å²) in [4.78, 5) is 26.6. The number of nitrogens with two attached hydrogens (primary N) is 1. The van der Waals surface area contributed by atoms with Gasteiger partial charge in [0.1, 0.15) is 0 Å². The number of nitrogens with zero attached hydrogens (tertiary/aromatic N) is 2. The van der Waals surface area contributed by atoms with Crippen LogP contribution >= 0.6 is 0 Å². The molecule has 0 spiro atoms. The maximum absolute atomic E-state index is 12.1. The number of carboxylic acid groups (broad SMARTS) is 1. The van der Waals surface area contributed by atoms with Crippen molar-refractivity contribution in [1.82, 2.24) is 9.80 Å². The molecule has 0 aromatic heterocycles. The van der Waals surface area contributed by atoms with Crippen molar-refractivity contribution in [1.29, 1.82) is 0 Å². The Bertz CT molecular complexity index is 314. The Morgan fingerprint density at radius 1 is 1.42 bits per heavy atom. The number of likely N-dealkylation sites (tertiary alicyclic amines) is 1. The number of hydrogen-bond acceptors (Lipinski definition) is 4. The normalized spacial score (nSPS) is 19.1. The van der Waals surface area contributed by atoms with Gasteiger partial charge in [-0.15, -0.1) is 0 Å². The topological polar surface area (TPSA) is 86.9 Å². The zero-order valence-electron chi connectivity index (χ0n) is 11.8. The summed E-state index contributed by atoms with van der Waals surface area (Å²) in [6.45, 7) is 5.19. The van der Waals surface area contributed by atoms with E-state index in [0.29, 0.717) is 0 Å². The first-order valence-corrected chi connectivity index (χ1v) is 6.92. The second-order valence-corrected chi connectivity index (χ2v) is 5.15. The van der Waals surface area contributed by atoms with Crippen LogP contribution in [0.25, 0.3) is 0 Å². The minimum absolute atomic E-state index is 0.0605. The Balaban J connectivity index is 2.41. The zero-order valence-corrected chi connectivity index (χ0v) is 11.8. The molecule has 0 aliphatic carbocycles. The van der Waals surface area contributed by atoms with E-state index in [1.807, 2.05) is 0 Å². The highest BCUT2D eigenvalue weighted by atomic mass is 16.4. The minimum Gasteiger partial charge on any atom is -0.481 e. The van der Waals surface area contributed by atoms with Gasteiger partial charge in [0, 0.05) is 32.6 Å². The van der Waals surface area contributed by atoms with Gasteiger partial charge in [-0.3, -0.25) is 9.59 Å². The van der Waals surface area contributed by atoms with Gasteiger partial charge in [0.2, 0.25) is 5.91 Å². The third-order valence-electron chi connectivity index (χ3n) is 3.89. The van der Waals surface area contributed by atoms with E-state index >= 15 is 0 Å². The van der Waals surface area contributed by atoms with Gasteiger partial charge in [-0.2, -0.15) is 0 Å². The highest BCUT2D eigenvalue weighted by molar-refractivity contribution is 5.82. The molecular weight excluding hydrogens is 246 g/mol. The van der Waals surface area contributed by atoms with Gasteiger partial charge in [-0.25, -0.2) is 0 Å². The molecule has 1 amide bonds. The van der Waals surface area contributed by atoms with E-state index in [9.17, 15) is 9.59 Å². The van der Waals surface area contributed by atoms with E-state index in [-0.39, 0.29) is 24.8 Å². The van der Waals surface area contributed by atoms with Crippen LogP contribution in [0.15, 0.2) is 0 Å². The molecule has 0 saturated carbocycles. The molecule has 6 heteroatoms. The Morgan fingerprint density at radius 3 is 2.47 bits per heavy atom. The van der Waals surface area contributed by atoms with Gasteiger partial charge in [-0.1, -0.05) is 6.92 Å². The molecule has 1 saturated heterocycles. The third-order valence-corrected chi connectivity index (χ3v) is 3.89. The Labute approximate surface area is 114 Å². The molecule has 1 fully saturated rings. The molecule has 1 atom stereocenters. The summed E-state index contributed by atoms with van der Waals surface area (Å²) in [5.74, 6) is -1.06. The summed E-state index contributed by atoms with van der Waals surface area (Å²) in [5.41, 5.74) is 5.76. The first kappa shape index (κ1) is 15.9. The standard InChI is InChI=1S/C13H25N3O3/c1-3-16-8-6-10(7-9-16)15(2)13(19)11(14)4-5-12(17)18/h10-11H,3-9,14H2,1-2H3,(H,17,18). The van der Waals surface area contributed by atoms with Crippen molar-refractivity contribution in [2.24, 2.45) is 5.73 Å². The summed E-state index contributed by atoms with van der Waals surface area (Å²) < 4.78 is 0. The zero-order chi connectivity index (χ0) is 14.4. The van der Waals surface area contributed by atoms with E-state index in [4.69, 9.17) is 10.8 Å². The van der Waals surface area contributed by atoms with Crippen LogP contribution in [0.5, 0.6) is 0 Å². The summed E-state index contributed by atoms with van der Waals surface area (Å²) in [6.07, 6.45) is 2.06. The molecule has 1 aliphatic heterocycles. The molecule has 3 N–H and O–H groups in total. The molecule has 1 heterocycles. The number of carbonyl (C=O) groups excluding carboxylic acids is 1. The van der Waals surface area contributed by atoms with Crippen molar-refractivity contribution in [3.8, 4) is 0 Å². The second kappa shape index (κ2) is 7.45. The number of aliphatic carboxylic acids is 1. The van der Waals surface area contributed by atoms with E-state index in [1.165, 1.54) is 0 Å². The van der Waals surface area contributed by atoms with Gasteiger partial charge >= 0.3 is 5.97 Å². The fourth-order valence-corrected chi connectivity index (χ4v) is 2.47. The molecular formula is C13H25N3O3. The lowest BCUT2D eigenvalue weighted by molar-refractivity contribution is -0.138. The molecule has 0 radical (unpaired) electrons. The number of likely N-dealkylation sites (N-methyl/N-ethyl adjacent to an activating group) is 1. The lowest BCUT2D eigenvalue weighted by atomic mass is 10.0. The largest absolute Gasteiger partial charge is 0.481 e. The number of carbonyl (C=O) groups is 2. The first-order chi connectivity index (χ1) is 8.95. The average molecular weight is 271 g/mol. The van der Waals surface area contributed by atoms with Crippen LogP contribution in [0, 0.1) is 0 Å². The average Bonchev–Trinajstić information content (AvgIpc) is 2.43. The van der Waals surface area contributed by atoms with E-state index < -0.39 is 12.0 Å². The third kappa shape index (κ3) is 4.80. The number of amides is 1. The van der Waals surface area contributed by atoms with Gasteiger partial charge in [0.15, 0.2) is 0 Å². The molecule has 0 aromatic rings. The first-order valence-electron chi connectivity index (χ1n) is 6.92. The number of piperidine rings is 1. The van der Waals surface area contributed by atoms with Crippen LogP contribution < -0.4 is 5.73 Å². The van der Waals surface area contributed by atoms with Gasteiger partial charge in [-0.05, 0) is 25.8 Å². The van der Waals surface area contributed by atoms with Crippen molar-refractivity contribution < 1.29 is 14.7 Å². The highest BCUT2D eigenvalue weighted by Gasteiger charge is 2.27. The highest BCUT2D eigenvalue weighted by Crippen LogP contribution is 2.16. The minimum atomic E-state index is -0.915. The molecule has 0 bridgehead atoms. The molecule has 110 valence electrons. The van der Waals surface area contributed by atoms with Crippen molar-refractivity contribution in [2.45, 2.75) is 44.7 Å². The smallest absolute Gasteiger partial charge is 0.303 e. The van der Waals surface area contributed by atoms with Crippen LogP contribution in [0.2, 0.25) is 0 Å². The van der Waals surface area contributed by atoms with Gasteiger partial charge < -0.3 is 20.6 Å². The van der Waals surface area contributed by atoms with Crippen LogP contribution in [0.3, 0.4) is 0 Å². The molecule has 0 aromatic carbocycles. The maximum atomic E-state index is 12.1. The van der Waals surface area contributed by atoms with Crippen LogP contribution in [0.1, 0.15) is 32.6 Å². The summed E-state index contributed by atoms with van der Waals surface area (Å²) in [5, 5.41) is 8.60. The van der Waals surface area contributed by atoms with Gasteiger partial charge in [0.05, 0.1) is 6.04 Å². The SMILES string of the molecule is CCN1CCC(N(C)C(=O)C(N)CCC(=O)O)CC1. The predicted molar refractivity (Wildman–Crippen MR) is 72.8 cm³/mol. The predicted octanol–water partition coefficient (Wildman–Crippen LogP) is 0.121. The van der Waals surface area contributed by atoms with E-state index in [0.717, 1.165) is 32.5 Å². The van der Waals surface area contributed by atoms with Crippen molar-refractivity contribution in [3.63, 3.8) is 0 Å². The fraction of sp³-hybridized carbons (Fsp3) is 0.846. The van der Waals surface area contributed by atoms with Crippen molar-refractivity contribution in [2.75, 3.05) is 26.7 Å². The molecule has 1 aliphatic rings. The summed E-state index contributed by atoms with van der Waals surface area (Å²) in [7, 11) is 1.77. The van der Waals surface area contributed by atoms with E-state index in [2.05, 4.69) is 11.8 Å². The van der Waals surface area contributed by atoms with E-state index in [1.54, 1.807) is 11.9 Å². The Hall–Kier alpha value is -1.14. The van der Waals surface area contributed by atoms with Crippen molar-refractivity contribution >= 4 is 11.9 Å². The molecule has 1 unspecified atom stereocenters. The lowest BCUT2D eigenvalue weighted by Crippen LogP contribution is -2.50. The number of hydrogen-bond donors (Lipinski definition) is 2. The van der Waals surface area contributed by atoms with Crippen LogP contribution in [-0.4, -0.2) is 65.5 Å². The second-order valence-electron chi connectivity index (χ2n) is 5.15. The molecule has 19 heavy (non-hydrogen) atoms. The quantitative estimate of drug-likeness (QED) is 0.716. The Morgan fingerprint density at radius 2 is 2.00 bits per heavy atom. The number of rotatable bonds is 6. The van der Waals surface area contributed by atoms with Crippen molar-refractivity contribution in [3.05, 3.63) is 0 Å². The lowest BCUT2D eigenvalue weighted by Gasteiger charge is -2.37. The monoisotopic (exact) mass is 271 g/mol. The fourth-order valence-electron chi connectivity index (χ4n) is 2.47.